The Labute approximate surface area is 119 Å². The zero-order chi connectivity index (χ0) is 14.3. The van der Waals surface area contributed by atoms with Crippen molar-refractivity contribution in [1.82, 2.24) is 4.90 Å². The van der Waals surface area contributed by atoms with E-state index in [2.05, 4.69) is 11.9 Å². The van der Waals surface area contributed by atoms with Crippen LogP contribution in [-0.4, -0.2) is 44.5 Å². The molecule has 2 atom stereocenters. The smallest absolute Gasteiger partial charge is 0.143 e. The Kier molecular flexibility index (Phi) is 3.42. The molecule has 4 nitrogen and oxygen atoms in total. The van der Waals surface area contributed by atoms with Crippen molar-refractivity contribution in [2.45, 2.75) is 31.2 Å². The van der Waals surface area contributed by atoms with E-state index in [-0.39, 0.29) is 5.92 Å². The van der Waals surface area contributed by atoms with Crippen molar-refractivity contribution in [3.63, 3.8) is 0 Å². The van der Waals surface area contributed by atoms with Gasteiger partial charge in [-0.15, -0.1) is 0 Å². The Bertz CT molecular complexity index is 541. The lowest BCUT2D eigenvalue weighted by atomic mass is 9.73. The number of carbonyl (C=O) groups is 1. The molecule has 1 saturated heterocycles. The highest BCUT2D eigenvalue weighted by molar-refractivity contribution is 5.89. The van der Waals surface area contributed by atoms with Gasteiger partial charge in [0.1, 0.15) is 17.3 Å². The van der Waals surface area contributed by atoms with Gasteiger partial charge in [-0.3, -0.25) is 4.79 Å². The lowest BCUT2D eigenvalue weighted by molar-refractivity contribution is -0.125. The maximum absolute atomic E-state index is 12.5. The lowest BCUT2D eigenvalue weighted by Gasteiger charge is -2.42. The number of hydrogen-bond acceptors (Lipinski definition) is 4. The van der Waals surface area contributed by atoms with Crippen LogP contribution in [0.25, 0.3) is 0 Å². The normalized spacial score (nSPS) is 25.9. The van der Waals surface area contributed by atoms with Crippen LogP contribution >= 0.6 is 0 Å². The minimum atomic E-state index is -0.0671. The molecule has 2 aliphatic rings. The van der Waals surface area contributed by atoms with E-state index in [9.17, 15) is 4.79 Å². The number of fused-ring (bicyclic) bond motifs is 3. The molecule has 20 heavy (non-hydrogen) atoms. The predicted octanol–water partition coefficient (Wildman–Crippen LogP) is 2.01. The fourth-order valence-corrected chi connectivity index (χ4v) is 3.70. The Hall–Kier alpha value is -1.55. The first-order valence-electron chi connectivity index (χ1n) is 7.14. The molecule has 4 heteroatoms. The van der Waals surface area contributed by atoms with Crippen LogP contribution in [0.3, 0.4) is 0 Å². The van der Waals surface area contributed by atoms with E-state index in [0.29, 0.717) is 18.2 Å². The molecule has 0 radical (unpaired) electrons. The summed E-state index contributed by atoms with van der Waals surface area (Å²) in [5.41, 5.74) is 2.20. The summed E-state index contributed by atoms with van der Waals surface area (Å²) in [5.74, 6) is 1.96. The Morgan fingerprint density at radius 1 is 1.15 bits per heavy atom. The van der Waals surface area contributed by atoms with Gasteiger partial charge in [-0.25, -0.2) is 0 Å². The van der Waals surface area contributed by atoms with E-state index < -0.39 is 0 Å². The van der Waals surface area contributed by atoms with E-state index >= 15 is 0 Å². The first kappa shape index (κ1) is 13.4. The fourth-order valence-electron chi connectivity index (χ4n) is 3.70. The summed E-state index contributed by atoms with van der Waals surface area (Å²) in [6.45, 7) is 0.863. The number of ether oxygens (including phenoxy) is 2. The molecule has 1 fully saturated rings. The van der Waals surface area contributed by atoms with Crippen LogP contribution in [-0.2, 0) is 11.2 Å². The van der Waals surface area contributed by atoms with Gasteiger partial charge >= 0.3 is 0 Å². The van der Waals surface area contributed by atoms with E-state index in [1.807, 2.05) is 12.1 Å². The van der Waals surface area contributed by atoms with Crippen LogP contribution in [0, 0.1) is 0 Å². The highest BCUT2D eigenvalue weighted by atomic mass is 16.5. The second-order valence-corrected chi connectivity index (χ2v) is 5.64. The van der Waals surface area contributed by atoms with E-state index in [1.54, 1.807) is 14.2 Å². The summed E-state index contributed by atoms with van der Waals surface area (Å²) in [6.07, 6.45) is 2.56. The number of benzene rings is 1. The molecule has 0 amide bonds. The molecule has 1 heterocycles. The van der Waals surface area contributed by atoms with Crippen LogP contribution in [0.4, 0.5) is 0 Å². The Morgan fingerprint density at radius 2 is 1.85 bits per heavy atom. The maximum atomic E-state index is 12.5. The molecule has 0 N–H and O–H groups in total. The average molecular weight is 275 g/mol. The SMILES string of the molecule is COc1ccc(OC)c2c1CCC1C2C(=O)CCN1C. The van der Waals surface area contributed by atoms with Gasteiger partial charge in [0.25, 0.3) is 0 Å². The third-order valence-electron chi connectivity index (χ3n) is 4.72. The summed E-state index contributed by atoms with van der Waals surface area (Å²) >= 11 is 0. The van der Waals surface area contributed by atoms with Crippen molar-refractivity contribution >= 4 is 5.78 Å². The Balaban J connectivity index is 2.16. The van der Waals surface area contributed by atoms with Gasteiger partial charge in [0.05, 0.1) is 20.1 Å². The largest absolute Gasteiger partial charge is 0.496 e. The van der Waals surface area contributed by atoms with Crippen molar-refractivity contribution in [1.29, 1.82) is 0 Å². The number of ketones is 1. The quantitative estimate of drug-likeness (QED) is 0.827. The molecule has 0 aromatic heterocycles. The Morgan fingerprint density at radius 3 is 2.55 bits per heavy atom. The molecule has 3 rings (SSSR count). The minimum absolute atomic E-state index is 0.0671. The van der Waals surface area contributed by atoms with E-state index in [4.69, 9.17) is 9.47 Å². The number of piperidine rings is 1. The van der Waals surface area contributed by atoms with Crippen LogP contribution < -0.4 is 9.47 Å². The first-order valence-corrected chi connectivity index (χ1v) is 7.14. The molecule has 0 bridgehead atoms. The third-order valence-corrected chi connectivity index (χ3v) is 4.72. The number of methoxy groups -OCH3 is 2. The zero-order valence-electron chi connectivity index (χ0n) is 12.3. The molecule has 108 valence electrons. The van der Waals surface area contributed by atoms with Crippen molar-refractivity contribution in [3.05, 3.63) is 23.3 Å². The number of hydrogen-bond donors (Lipinski definition) is 0. The van der Waals surface area contributed by atoms with E-state index in [0.717, 1.165) is 42.0 Å². The number of carbonyl (C=O) groups excluding carboxylic acids is 1. The van der Waals surface area contributed by atoms with Gasteiger partial charge in [-0.2, -0.15) is 0 Å². The molecular formula is C16H21NO3. The minimum Gasteiger partial charge on any atom is -0.496 e. The second-order valence-electron chi connectivity index (χ2n) is 5.64. The monoisotopic (exact) mass is 275 g/mol. The zero-order valence-corrected chi connectivity index (χ0v) is 12.3. The van der Waals surface area contributed by atoms with Gasteiger partial charge in [0.15, 0.2) is 0 Å². The number of likely N-dealkylation sites (tertiary alicyclic amines) is 1. The number of nitrogens with zero attached hydrogens (tertiary/aromatic N) is 1. The fraction of sp³-hybridized carbons (Fsp3) is 0.562. The summed E-state index contributed by atoms with van der Waals surface area (Å²) < 4.78 is 11.0. The van der Waals surface area contributed by atoms with Gasteiger partial charge in [-0.05, 0) is 32.0 Å². The van der Waals surface area contributed by atoms with Crippen molar-refractivity contribution in [2.75, 3.05) is 27.8 Å². The summed E-state index contributed by atoms with van der Waals surface area (Å²) in [6, 6.07) is 4.15. The predicted molar refractivity (Wildman–Crippen MR) is 76.7 cm³/mol. The number of likely N-dealkylation sites (N-methyl/N-ethyl adjacent to an activating group) is 1. The summed E-state index contributed by atoms with van der Waals surface area (Å²) in [7, 11) is 5.47. The van der Waals surface area contributed by atoms with Gasteiger partial charge < -0.3 is 14.4 Å². The maximum Gasteiger partial charge on any atom is 0.143 e. The molecular weight excluding hydrogens is 254 g/mol. The van der Waals surface area contributed by atoms with Gasteiger partial charge in [0.2, 0.25) is 0 Å². The lowest BCUT2D eigenvalue weighted by Crippen LogP contribution is -2.48. The van der Waals surface area contributed by atoms with Crippen LogP contribution in [0.1, 0.15) is 29.9 Å². The van der Waals surface area contributed by atoms with Crippen LogP contribution in [0.15, 0.2) is 12.1 Å². The molecule has 1 aromatic rings. The highest BCUT2D eigenvalue weighted by Crippen LogP contribution is 2.45. The van der Waals surface area contributed by atoms with Crippen molar-refractivity contribution in [2.24, 2.45) is 0 Å². The number of Topliss-reactive ketones (excluding diaryl/α,β-unsaturated/α-hetero) is 1. The molecule has 1 aliphatic carbocycles. The molecule has 1 aromatic carbocycles. The van der Waals surface area contributed by atoms with Crippen LogP contribution in [0.5, 0.6) is 11.5 Å². The summed E-state index contributed by atoms with van der Waals surface area (Å²) in [4.78, 5) is 14.8. The van der Waals surface area contributed by atoms with Gasteiger partial charge in [0, 0.05) is 30.1 Å². The number of rotatable bonds is 2. The standard InChI is InChI=1S/C16H21NO3/c1-17-9-8-12(18)16-11(17)5-4-10-13(19-2)6-7-14(20-3)15(10)16/h6-7,11,16H,4-5,8-9H2,1-3H3. The molecule has 0 saturated carbocycles. The summed E-state index contributed by atoms with van der Waals surface area (Å²) in [5, 5.41) is 0. The van der Waals surface area contributed by atoms with E-state index in [1.165, 1.54) is 0 Å². The highest BCUT2D eigenvalue weighted by Gasteiger charge is 2.42. The first-order chi connectivity index (χ1) is 9.67. The van der Waals surface area contributed by atoms with Gasteiger partial charge in [-0.1, -0.05) is 0 Å². The third kappa shape index (κ3) is 1.90. The molecule has 0 spiro atoms. The average Bonchev–Trinajstić information content (AvgIpc) is 2.49. The second kappa shape index (κ2) is 5.09. The van der Waals surface area contributed by atoms with Crippen LogP contribution in [0.2, 0.25) is 0 Å². The molecule has 1 aliphatic heterocycles. The van der Waals surface area contributed by atoms with Crippen molar-refractivity contribution < 1.29 is 14.3 Å². The molecule has 2 unspecified atom stereocenters. The van der Waals surface area contributed by atoms with Crippen molar-refractivity contribution in [3.8, 4) is 11.5 Å². The topological polar surface area (TPSA) is 38.8 Å².